The van der Waals surface area contributed by atoms with E-state index < -0.39 is 23.6 Å². The molecule has 2 aromatic carbocycles. The molecule has 2 heterocycles. The average molecular weight is 439 g/mol. The minimum Gasteiger partial charge on any atom is -0.478 e. The summed E-state index contributed by atoms with van der Waals surface area (Å²) in [7, 11) is 0. The molecule has 4 rings (SSSR count). The zero-order chi connectivity index (χ0) is 22.5. The fourth-order valence-electron chi connectivity index (χ4n) is 2.91. The number of halogens is 2. The molecule has 164 valence electrons. The molecule has 0 aliphatic carbocycles. The Bertz CT molecular complexity index is 1250. The van der Waals surface area contributed by atoms with Gasteiger partial charge < -0.3 is 14.8 Å². The number of para-hydroxylation sites is 1. The van der Waals surface area contributed by atoms with Gasteiger partial charge in [-0.2, -0.15) is 4.52 Å². The lowest BCUT2D eigenvalue weighted by atomic mass is 10.2. The van der Waals surface area contributed by atoms with Crippen molar-refractivity contribution in [1.29, 1.82) is 0 Å². The summed E-state index contributed by atoms with van der Waals surface area (Å²) in [4.78, 5) is 12.2. The molecule has 32 heavy (non-hydrogen) atoms. The standard InChI is InChI=1S/C22H19F2N5O3/c1-14(32-18-8-3-2-7-17(18)24)22(30)25-11-12-31-20-10-9-19-26-27-21(29(19)28-20)15-5-4-6-16(23)13-15/h2-10,13-14H,11-12H2,1H3,(H,25,30). The monoisotopic (exact) mass is 439 g/mol. The molecule has 8 nitrogen and oxygen atoms in total. The first kappa shape index (κ1) is 21.2. The van der Waals surface area contributed by atoms with Crippen LogP contribution in [0.1, 0.15) is 6.92 Å². The third-order valence-corrected chi connectivity index (χ3v) is 4.48. The predicted octanol–water partition coefficient (Wildman–Crippen LogP) is 3.03. The summed E-state index contributed by atoms with van der Waals surface area (Å²) in [6, 6.07) is 15.1. The van der Waals surface area contributed by atoms with Gasteiger partial charge in [-0.3, -0.25) is 4.79 Å². The maximum Gasteiger partial charge on any atom is 0.260 e. The van der Waals surface area contributed by atoms with Crippen molar-refractivity contribution in [3.05, 3.63) is 72.3 Å². The van der Waals surface area contributed by atoms with Gasteiger partial charge in [0.15, 0.2) is 29.1 Å². The number of hydrogen-bond acceptors (Lipinski definition) is 6. The van der Waals surface area contributed by atoms with Gasteiger partial charge in [-0.05, 0) is 37.3 Å². The van der Waals surface area contributed by atoms with Gasteiger partial charge in [0.1, 0.15) is 12.4 Å². The first-order valence-corrected chi connectivity index (χ1v) is 9.81. The molecular formula is C22H19F2N5O3. The number of fused-ring (bicyclic) bond motifs is 1. The van der Waals surface area contributed by atoms with Gasteiger partial charge >= 0.3 is 0 Å². The van der Waals surface area contributed by atoms with Gasteiger partial charge in [0.25, 0.3) is 5.91 Å². The summed E-state index contributed by atoms with van der Waals surface area (Å²) >= 11 is 0. The summed E-state index contributed by atoms with van der Waals surface area (Å²) < 4.78 is 39.6. The number of carbonyl (C=O) groups is 1. The molecule has 0 bridgehead atoms. The van der Waals surface area contributed by atoms with E-state index in [-0.39, 0.29) is 24.8 Å². The van der Waals surface area contributed by atoms with Crippen molar-refractivity contribution < 1.29 is 23.0 Å². The van der Waals surface area contributed by atoms with Gasteiger partial charge in [-0.1, -0.05) is 24.3 Å². The number of amides is 1. The largest absolute Gasteiger partial charge is 0.478 e. The summed E-state index contributed by atoms with van der Waals surface area (Å²) in [5, 5.41) is 15.1. The number of nitrogens with zero attached hydrogens (tertiary/aromatic N) is 4. The Morgan fingerprint density at radius 3 is 2.75 bits per heavy atom. The quantitative estimate of drug-likeness (QED) is 0.425. The molecule has 0 aliphatic rings. The Balaban J connectivity index is 1.33. The number of benzene rings is 2. The molecule has 0 radical (unpaired) electrons. The third-order valence-electron chi connectivity index (χ3n) is 4.48. The minimum absolute atomic E-state index is 0.00643. The molecule has 1 atom stereocenters. The molecule has 0 saturated heterocycles. The van der Waals surface area contributed by atoms with Crippen molar-refractivity contribution in [3.63, 3.8) is 0 Å². The summed E-state index contributed by atoms with van der Waals surface area (Å²) in [6.45, 7) is 1.84. The summed E-state index contributed by atoms with van der Waals surface area (Å²) in [5.41, 5.74) is 1.00. The average Bonchev–Trinajstić information content (AvgIpc) is 3.21. The third kappa shape index (κ3) is 4.80. The van der Waals surface area contributed by atoms with Gasteiger partial charge in [-0.15, -0.1) is 15.3 Å². The Labute approximate surface area is 181 Å². The number of rotatable bonds is 8. The van der Waals surface area contributed by atoms with Gasteiger partial charge in [0.2, 0.25) is 5.88 Å². The van der Waals surface area contributed by atoms with Gasteiger partial charge in [-0.25, -0.2) is 8.78 Å². The lowest BCUT2D eigenvalue weighted by Crippen LogP contribution is -2.38. The van der Waals surface area contributed by atoms with E-state index in [9.17, 15) is 13.6 Å². The molecule has 1 unspecified atom stereocenters. The lowest BCUT2D eigenvalue weighted by molar-refractivity contribution is -0.127. The van der Waals surface area contributed by atoms with Crippen LogP contribution in [0, 0.1) is 11.6 Å². The van der Waals surface area contributed by atoms with Crippen molar-refractivity contribution in [3.8, 4) is 23.0 Å². The highest BCUT2D eigenvalue weighted by Crippen LogP contribution is 2.20. The highest BCUT2D eigenvalue weighted by Gasteiger charge is 2.16. The lowest BCUT2D eigenvalue weighted by Gasteiger charge is -2.15. The number of hydrogen-bond donors (Lipinski definition) is 1. The van der Waals surface area contributed by atoms with E-state index in [0.717, 1.165) is 0 Å². The van der Waals surface area contributed by atoms with E-state index in [1.165, 1.54) is 41.8 Å². The van der Waals surface area contributed by atoms with Crippen molar-refractivity contribution in [1.82, 2.24) is 25.1 Å². The highest BCUT2D eigenvalue weighted by molar-refractivity contribution is 5.80. The van der Waals surface area contributed by atoms with E-state index in [1.807, 2.05) is 0 Å². The second kappa shape index (κ2) is 9.38. The maximum absolute atomic E-state index is 13.6. The predicted molar refractivity (Wildman–Crippen MR) is 111 cm³/mol. The Hall–Kier alpha value is -4.08. The second-order valence-electron chi connectivity index (χ2n) is 6.81. The normalized spacial score (nSPS) is 11.8. The van der Waals surface area contributed by atoms with Crippen LogP contribution in [0.15, 0.2) is 60.7 Å². The zero-order valence-corrected chi connectivity index (χ0v) is 17.0. The number of ether oxygens (including phenoxy) is 2. The van der Waals surface area contributed by atoms with Crippen LogP contribution in [0.3, 0.4) is 0 Å². The molecule has 1 N–H and O–H groups in total. The van der Waals surface area contributed by atoms with E-state index in [1.54, 1.807) is 30.3 Å². The van der Waals surface area contributed by atoms with Crippen LogP contribution in [0.4, 0.5) is 8.78 Å². The molecule has 0 aliphatic heterocycles. The van der Waals surface area contributed by atoms with Crippen molar-refractivity contribution >= 4 is 11.6 Å². The number of carbonyl (C=O) groups excluding carboxylic acids is 1. The first-order chi connectivity index (χ1) is 15.5. The zero-order valence-electron chi connectivity index (χ0n) is 17.0. The smallest absolute Gasteiger partial charge is 0.260 e. The molecule has 0 fully saturated rings. The second-order valence-corrected chi connectivity index (χ2v) is 6.81. The number of aromatic nitrogens is 4. The van der Waals surface area contributed by atoms with Crippen LogP contribution in [-0.2, 0) is 4.79 Å². The molecule has 10 heteroatoms. The van der Waals surface area contributed by atoms with Crippen LogP contribution in [0.5, 0.6) is 11.6 Å². The molecule has 2 aromatic heterocycles. The highest BCUT2D eigenvalue weighted by atomic mass is 19.1. The molecular weight excluding hydrogens is 420 g/mol. The summed E-state index contributed by atoms with van der Waals surface area (Å²) in [6.07, 6.45) is -0.882. The topological polar surface area (TPSA) is 90.6 Å². The van der Waals surface area contributed by atoms with Crippen LogP contribution in [0.2, 0.25) is 0 Å². The van der Waals surface area contributed by atoms with Gasteiger partial charge in [0.05, 0.1) is 6.54 Å². The van der Waals surface area contributed by atoms with E-state index >= 15 is 0 Å². The first-order valence-electron chi connectivity index (χ1n) is 9.81. The molecule has 0 saturated carbocycles. The minimum atomic E-state index is -0.882. The van der Waals surface area contributed by atoms with E-state index in [4.69, 9.17) is 9.47 Å². The Kier molecular flexibility index (Phi) is 6.20. The fourth-order valence-corrected chi connectivity index (χ4v) is 2.91. The van der Waals surface area contributed by atoms with Crippen LogP contribution >= 0.6 is 0 Å². The van der Waals surface area contributed by atoms with Crippen LogP contribution in [-0.4, -0.2) is 45.0 Å². The maximum atomic E-state index is 13.6. The SMILES string of the molecule is CC(Oc1ccccc1F)C(=O)NCCOc1ccc2nnc(-c3cccc(F)c3)n2n1. The molecule has 4 aromatic rings. The van der Waals surface area contributed by atoms with Crippen molar-refractivity contribution in [2.24, 2.45) is 0 Å². The number of nitrogens with one attached hydrogen (secondary N) is 1. The van der Waals surface area contributed by atoms with Crippen LogP contribution < -0.4 is 14.8 Å². The van der Waals surface area contributed by atoms with Gasteiger partial charge in [0, 0.05) is 11.6 Å². The summed E-state index contributed by atoms with van der Waals surface area (Å²) in [5.74, 6) is -0.684. The van der Waals surface area contributed by atoms with Crippen LogP contribution in [0.25, 0.3) is 17.0 Å². The Morgan fingerprint density at radius 1 is 1.09 bits per heavy atom. The Morgan fingerprint density at radius 2 is 1.94 bits per heavy atom. The van der Waals surface area contributed by atoms with E-state index in [0.29, 0.717) is 17.0 Å². The molecule has 0 spiro atoms. The van der Waals surface area contributed by atoms with Crippen molar-refractivity contribution in [2.45, 2.75) is 13.0 Å². The van der Waals surface area contributed by atoms with Crippen molar-refractivity contribution in [2.75, 3.05) is 13.2 Å². The fraction of sp³-hybridized carbons (Fsp3) is 0.182. The van der Waals surface area contributed by atoms with E-state index in [2.05, 4.69) is 20.6 Å². The molecule has 1 amide bonds.